The summed E-state index contributed by atoms with van der Waals surface area (Å²) < 4.78 is 0. The van der Waals surface area contributed by atoms with Crippen molar-refractivity contribution >= 4 is 23.6 Å². The molecular weight excluding hydrogens is 214 g/mol. The van der Waals surface area contributed by atoms with Gasteiger partial charge in [-0.1, -0.05) is 7.43 Å². The van der Waals surface area contributed by atoms with Crippen molar-refractivity contribution in [1.82, 2.24) is 16.8 Å². The third-order valence-corrected chi connectivity index (χ3v) is 1.26. The van der Waals surface area contributed by atoms with E-state index in [4.69, 9.17) is 0 Å². The minimum atomic E-state index is -0.329. The van der Waals surface area contributed by atoms with Gasteiger partial charge in [0, 0.05) is 24.3 Å². The van der Waals surface area contributed by atoms with Gasteiger partial charge in [0.05, 0.1) is 0 Å². The number of amides is 4. The maximum atomic E-state index is 10.0. The molecule has 0 aromatic heterocycles. The molecule has 5 N–H and O–H groups in total. The Morgan fingerprint density at radius 1 is 0.625 bits per heavy atom. The largest absolute Gasteiger partial charge is 0.344 e. The van der Waals surface area contributed by atoms with E-state index in [1.165, 1.54) is 24.3 Å². The van der Waals surface area contributed by atoms with Gasteiger partial charge < -0.3 is 6.15 Å². The van der Waals surface area contributed by atoms with E-state index in [2.05, 4.69) is 0 Å². The summed E-state index contributed by atoms with van der Waals surface area (Å²) in [7, 11) is 0. The van der Waals surface area contributed by atoms with E-state index in [-0.39, 0.29) is 37.2 Å². The topological polar surface area (TPSA) is 127 Å². The first kappa shape index (κ1) is 16.2. The molecule has 4 amide bonds. The summed E-state index contributed by atoms with van der Waals surface area (Å²) >= 11 is 0. The van der Waals surface area contributed by atoms with Gasteiger partial charge in [0.25, 0.3) is 23.6 Å². The molecule has 0 saturated heterocycles. The standard InChI is InChI=1S/2C4H3NO2.CH4.H3N/c2*6-3-1-2-4(7)5-3;;/h2*1-2H,(H,5,6,7);1H4;1H3. The van der Waals surface area contributed by atoms with Gasteiger partial charge in [0.1, 0.15) is 0 Å². The Bertz CT molecular complexity index is 303. The predicted molar refractivity (Wildman–Crippen MR) is 56.3 cm³/mol. The van der Waals surface area contributed by atoms with Gasteiger partial charge in [-0.2, -0.15) is 0 Å². The molecule has 0 saturated carbocycles. The van der Waals surface area contributed by atoms with Crippen molar-refractivity contribution in [2.24, 2.45) is 0 Å². The third kappa shape index (κ3) is 5.45. The van der Waals surface area contributed by atoms with E-state index in [0.717, 1.165) is 0 Å². The maximum absolute atomic E-state index is 10.0. The van der Waals surface area contributed by atoms with Crippen LogP contribution in [0, 0.1) is 0 Å². The minimum Gasteiger partial charge on any atom is -0.344 e. The number of carbonyl (C=O) groups is 4. The zero-order chi connectivity index (χ0) is 10.6. The molecule has 0 fully saturated rings. The Hall–Kier alpha value is -2.28. The van der Waals surface area contributed by atoms with Crippen molar-refractivity contribution in [2.75, 3.05) is 0 Å². The first-order valence-corrected chi connectivity index (χ1v) is 3.64. The van der Waals surface area contributed by atoms with Gasteiger partial charge in [0.15, 0.2) is 0 Å². The first-order valence-electron chi connectivity index (χ1n) is 3.64. The van der Waals surface area contributed by atoms with Gasteiger partial charge >= 0.3 is 0 Å². The Labute approximate surface area is 92.2 Å². The van der Waals surface area contributed by atoms with Crippen LogP contribution in [0.15, 0.2) is 24.3 Å². The van der Waals surface area contributed by atoms with E-state index < -0.39 is 0 Å². The Balaban J connectivity index is 0. The van der Waals surface area contributed by atoms with E-state index in [1.807, 2.05) is 10.6 Å². The smallest absolute Gasteiger partial charge is 0.250 e. The first-order chi connectivity index (χ1) is 6.58. The monoisotopic (exact) mass is 227 g/mol. The highest BCUT2D eigenvalue weighted by Crippen LogP contribution is 1.83. The van der Waals surface area contributed by atoms with Crippen LogP contribution in [0.3, 0.4) is 0 Å². The zero-order valence-electron chi connectivity index (χ0n) is 7.65. The summed E-state index contributed by atoms with van der Waals surface area (Å²) in [4.78, 5) is 40.1. The van der Waals surface area contributed by atoms with Crippen LogP contribution in [0.4, 0.5) is 0 Å². The fourth-order valence-electron chi connectivity index (χ4n) is 0.712. The molecule has 2 aliphatic rings. The molecule has 0 spiro atoms. The van der Waals surface area contributed by atoms with Crippen molar-refractivity contribution in [1.29, 1.82) is 0 Å². The summed E-state index contributed by atoms with van der Waals surface area (Å²) in [6.07, 6.45) is 4.79. The van der Waals surface area contributed by atoms with E-state index in [1.54, 1.807) is 0 Å². The van der Waals surface area contributed by atoms with Gasteiger partial charge in [-0.3, -0.25) is 29.8 Å². The highest BCUT2D eigenvalue weighted by atomic mass is 16.2. The molecule has 0 radical (unpaired) electrons. The van der Waals surface area contributed by atoms with Crippen molar-refractivity contribution in [3.8, 4) is 0 Å². The third-order valence-electron chi connectivity index (χ3n) is 1.26. The summed E-state index contributed by atoms with van der Waals surface area (Å²) in [5.74, 6) is -1.31. The second-order valence-corrected chi connectivity index (χ2v) is 2.37. The van der Waals surface area contributed by atoms with Gasteiger partial charge in [-0.15, -0.1) is 0 Å². The van der Waals surface area contributed by atoms with E-state index >= 15 is 0 Å². The Morgan fingerprint density at radius 3 is 0.875 bits per heavy atom. The second kappa shape index (κ2) is 7.07. The molecule has 2 aliphatic heterocycles. The number of hydrogen-bond acceptors (Lipinski definition) is 5. The summed E-state index contributed by atoms with van der Waals surface area (Å²) in [6.45, 7) is 0. The molecule has 88 valence electrons. The van der Waals surface area contributed by atoms with Crippen LogP contribution in [0.2, 0.25) is 0 Å². The van der Waals surface area contributed by atoms with Gasteiger partial charge in [0.2, 0.25) is 0 Å². The molecule has 0 aliphatic carbocycles. The number of nitrogens with one attached hydrogen (secondary N) is 2. The van der Waals surface area contributed by atoms with Crippen molar-refractivity contribution in [2.45, 2.75) is 7.43 Å². The Kier molecular flexibility index (Phi) is 7.14. The normalized spacial score (nSPS) is 15.5. The molecule has 2 heterocycles. The molecule has 16 heavy (non-hydrogen) atoms. The lowest BCUT2D eigenvalue weighted by Crippen LogP contribution is -2.19. The van der Waals surface area contributed by atoms with Crippen LogP contribution in [0.25, 0.3) is 0 Å². The highest BCUT2D eigenvalue weighted by molar-refractivity contribution is 6.13. The van der Waals surface area contributed by atoms with Crippen LogP contribution in [0.5, 0.6) is 0 Å². The molecular formula is C9H13N3O4. The molecule has 7 heteroatoms. The van der Waals surface area contributed by atoms with Crippen molar-refractivity contribution in [3.63, 3.8) is 0 Å². The minimum absolute atomic E-state index is 0. The van der Waals surface area contributed by atoms with E-state index in [9.17, 15) is 19.2 Å². The number of hydrogen-bond donors (Lipinski definition) is 3. The predicted octanol–water partition coefficient (Wildman–Crippen LogP) is -0.804. The van der Waals surface area contributed by atoms with Gasteiger partial charge in [-0.25, -0.2) is 0 Å². The summed E-state index contributed by atoms with van der Waals surface area (Å²) in [6, 6.07) is 0. The average molecular weight is 227 g/mol. The fourth-order valence-corrected chi connectivity index (χ4v) is 0.712. The van der Waals surface area contributed by atoms with E-state index in [0.29, 0.717) is 0 Å². The van der Waals surface area contributed by atoms with Gasteiger partial charge in [-0.05, 0) is 0 Å². The lowest BCUT2D eigenvalue weighted by atomic mass is 10.6. The SMILES string of the molecule is C.N.O=C1C=CC(=O)N1.O=C1C=CC(=O)N1. The highest BCUT2D eigenvalue weighted by Gasteiger charge is 2.07. The summed E-state index contributed by atoms with van der Waals surface area (Å²) in [5.41, 5.74) is 0. The fraction of sp³-hybridized carbons (Fsp3) is 0.111. The number of carbonyl (C=O) groups excluding carboxylic acids is 4. The lowest BCUT2D eigenvalue weighted by Gasteiger charge is -1.80. The average Bonchev–Trinajstić information content (AvgIpc) is 2.63. The van der Waals surface area contributed by atoms with Crippen LogP contribution in [0.1, 0.15) is 7.43 Å². The number of rotatable bonds is 0. The van der Waals surface area contributed by atoms with Crippen LogP contribution in [-0.4, -0.2) is 23.6 Å². The van der Waals surface area contributed by atoms with Crippen LogP contribution >= 0.6 is 0 Å². The molecule has 0 atom stereocenters. The molecule has 7 nitrogen and oxygen atoms in total. The van der Waals surface area contributed by atoms with Crippen molar-refractivity contribution in [3.05, 3.63) is 24.3 Å². The molecule has 0 aromatic rings. The van der Waals surface area contributed by atoms with Crippen LogP contribution < -0.4 is 16.8 Å². The Morgan fingerprint density at radius 2 is 0.812 bits per heavy atom. The van der Waals surface area contributed by atoms with Crippen molar-refractivity contribution < 1.29 is 19.2 Å². The number of imide groups is 2. The van der Waals surface area contributed by atoms with Crippen LogP contribution in [-0.2, 0) is 19.2 Å². The maximum Gasteiger partial charge on any atom is 0.250 e. The molecule has 0 aromatic carbocycles. The quantitative estimate of drug-likeness (QED) is 0.466. The molecule has 2 rings (SSSR count). The second-order valence-electron chi connectivity index (χ2n) is 2.37. The molecule has 0 bridgehead atoms. The molecule has 0 unspecified atom stereocenters. The summed E-state index contributed by atoms with van der Waals surface area (Å²) in [5, 5.41) is 4.06. The zero-order valence-corrected chi connectivity index (χ0v) is 7.65. The lowest BCUT2D eigenvalue weighted by molar-refractivity contribution is -0.125.